The SMILES string of the molecule is CCN(CC)Cc1cccc(CNC(=O)CCc2c(C)nn(CCC#N)c2C)c1. The van der Waals surface area contributed by atoms with E-state index in [2.05, 4.69) is 59.5 Å². The van der Waals surface area contributed by atoms with Crippen molar-refractivity contribution in [3.63, 3.8) is 0 Å². The topological polar surface area (TPSA) is 74.0 Å². The highest BCUT2D eigenvalue weighted by Gasteiger charge is 2.13. The molecular formula is C23H33N5O. The van der Waals surface area contributed by atoms with E-state index in [0.29, 0.717) is 32.4 Å². The highest BCUT2D eigenvalue weighted by atomic mass is 16.1. The van der Waals surface area contributed by atoms with Crippen molar-refractivity contribution in [2.24, 2.45) is 0 Å². The Morgan fingerprint density at radius 3 is 2.66 bits per heavy atom. The molecule has 0 aliphatic heterocycles. The molecule has 0 spiro atoms. The predicted octanol–water partition coefficient (Wildman–Crippen LogP) is 3.50. The summed E-state index contributed by atoms with van der Waals surface area (Å²) in [7, 11) is 0. The minimum Gasteiger partial charge on any atom is -0.352 e. The molecule has 6 nitrogen and oxygen atoms in total. The maximum atomic E-state index is 12.4. The van der Waals surface area contributed by atoms with Gasteiger partial charge in [-0.25, -0.2) is 0 Å². The van der Waals surface area contributed by atoms with Crippen molar-refractivity contribution in [3.8, 4) is 6.07 Å². The van der Waals surface area contributed by atoms with Gasteiger partial charge >= 0.3 is 0 Å². The lowest BCUT2D eigenvalue weighted by Crippen LogP contribution is -2.24. The fourth-order valence-electron chi connectivity index (χ4n) is 3.54. The number of hydrogen-bond donors (Lipinski definition) is 1. The zero-order valence-corrected chi connectivity index (χ0v) is 18.2. The maximum absolute atomic E-state index is 12.4. The molecule has 0 saturated carbocycles. The number of aryl methyl sites for hydroxylation is 2. The summed E-state index contributed by atoms with van der Waals surface area (Å²) in [5.74, 6) is 0.0442. The molecule has 0 bridgehead atoms. The summed E-state index contributed by atoms with van der Waals surface area (Å²) >= 11 is 0. The summed E-state index contributed by atoms with van der Waals surface area (Å²) in [4.78, 5) is 14.7. The molecule has 0 fully saturated rings. The molecule has 1 heterocycles. The second-order valence-electron chi connectivity index (χ2n) is 7.34. The average molecular weight is 396 g/mol. The third-order valence-corrected chi connectivity index (χ3v) is 5.35. The summed E-state index contributed by atoms with van der Waals surface area (Å²) in [6.45, 7) is 12.4. The van der Waals surface area contributed by atoms with E-state index in [9.17, 15) is 4.79 Å². The Labute approximate surface area is 174 Å². The number of carbonyl (C=O) groups is 1. The van der Waals surface area contributed by atoms with E-state index in [-0.39, 0.29) is 5.91 Å². The van der Waals surface area contributed by atoms with E-state index < -0.39 is 0 Å². The molecule has 156 valence electrons. The van der Waals surface area contributed by atoms with Crippen molar-refractivity contribution < 1.29 is 4.79 Å². The largest absolute Gasteiger partial charge is 0.352 e. The molecule has 1 aromatic carbocycles. The number of nitrogens with one attached hydrogen (secondary N) is 1. The van der Waals surface area contributed by atoms with Crippen LogP contribution in [0.3, 0.4) is 0 Å². The number of benzene rings is 1. The number of carbonyl (C=O) groups excluding carboxylic acids is 1. The lowest BCUT2D eigenvalue weighted by molar-refractivity contribution is -0.121. The van der Waals surface area contributed by atoms with Crippen LogP contribution in [0.25, 0.3) is 0 Å². The minimum atomic E-state index is 0.0442. The Bertz CT molecular complexity index is 845. The van der Waals surface area contributed by atoms with E-state index in [1.807, 2.05) is 18.5 Å². The first-order valence-corrected chi connectivity index (χ1v) is 10.4. The Morgan fingerprint density at radius 1 is 1.24 bits per heavy atom. The molecule has 1 aromatic heterocycles. The van der Waals surface area contributed by atoms with Gasteiger partial charge in [-0.3, -0.25) is 14.4 Å². The lowest BCUT2D eigenvalue weighted by Gasteiger charge is -2.18. The van der Waals surface area contributed by atoms with Crippen LogP contribution in [0.4, 0.5) is 0 Å². The summed E-state index contributed by atoms with van der Waals surface area (Å²) in [6.07, 6.45) is 1.54. The van der Waals surface area contributed by atoms with Crippen molar-refractivity contribution in [2.45, 2.75) is 66.6 Å². The van der Waals surface area contributed by atoms with Gasteiger partial charge in [-0.05, 0) is 50.0 Å². The monoisotopic (exact) mass is 395 g/mol. The summed E-state index contributed by atoms with van der Waals surface area (Å²) in [5, 5.41) is 16.3. The number of aromatic nitrogens is 2. The highest BCUT2D eigenvalue weighted by Crippen LogP contribution is 2.16. The van der Waals surface area contributed by atoms with Crippen molar-refractivity contribution in [2.75, 3.05) is 13.1 Å². The smallest absolute Gasteiger partial charge is 0.220 e. The molecule has 0 aliphatic rings. The maximum Gasteiger partial charge on any atom is 0.220 e. The normalized spacial score (nSPS) is 10.9. The first-order chi connectivity index (χ1) is 14.0. The molecule has 0 aliphatic carbocycles. The van der Waals surface area contributed by atoms with Gasteiger partial charge in [0.1, 0.15) is 0 Å². The van der Waals surface area contributed by atoms with Crippen LogP contribution in [0, 0.1) is 25.2 Å². The minimum absolute atomic E-state index is 0.0442. The molecule has 2 aromatic rings. The molecule has 29 heavy (non-hydrogen) atoms. The molecule has 0 saturated heterocycles. The van der Waals surface area contributed by atoms with Crippen LogP contribution < -0.4 is 5.32 Å². The van der Waals surface area contributed by atoms with Crippen LogP contribution in [0.2, 0.25) is 0 Å². The van der Waals surface area contributed by atoms with E-state index in [0.717, 1.165) is 42.1 Å². The molecule has 6 heteroatoms. The van der Waals surface area contributed by atoms with Gasteiger partial charge in [0.2, 0.25) is 5.91 Å². The van der Waals surface area contributed by atoms with Gasteiger partial charge in [-0.1, -0.05) is 38.1 Å². The molecule has 1 amide bonds. The Hall–Kier alpha value is -2.65. The Morgan fingerprint density at radius 2 is 1.97 bits per heavy atom. The van der Waals surface area contributed by atoms with Gasteiger partial charge in [0, 0.05) is 25.2 Å². The van der Waals surface area contributed by atoms with E-state index in [4.69, 9.17) is 5.26 Å². The number of nitriles is 1. The van der Waals surface area contributed by atoms with Gasteiger partial charge in [0.15, 0.2) is 0 Å². The van der Waals surface area contributed by atoms with Gasteiger partial charge < -0.3 is 5.32 Å². The third kappa shape index (κ3) is 6.72. The quantitative estimate of drug-likeness (QED) is 0.632. The second kappa shape index (κ2) is 11.4. The van der Waals surface area contributed by atoms with E-state index >= 15 is 0 Å². The standard InChI is InChI=1S/C23H33N5O/c1-5-27(6-2)17-21-10-7-9-20(15-21)16-25-23(29)12-11-22-18(3)26-28(19(22)4)14-8-13-24/h7,9-10,15H,5-6,8,11-12,14,16-17H2,1-4H3,(H,25,29). The van der Waals surface area contributed by atoms with Gasteiger partial charge in [0.05, 0.1) is 24.7 Å². The van der Waals surface area contributed by atoms with Crippen LogP contribution >= 0.6 is 0 Å². The zero-order chi connectivity index (χ0) is 21.2. The van der Waals surface area contributed by atoms with Gasteiger partial charge in [-0.15, -0.1) is 0 Å². The summed E-state index contributed by atoms with van der Waals surface area (Å²) in [6, 6.07) is 10.6. The Kier molecular flexibility index (Phi) is 8.88. The van der Waals surface area contributed by atoms with Crippen molar-refractivity contribution >= 4 is 5.91 Å². The third-order valence-electron chi connectivity index (χ3n) is 5.35. The van der Waals surface area contributed by atoms with Crippen LogP contribution in [0.15, 0.2) is 24.3 Å². The van der Waals surface area contributed by atoms with Crippen molar-refractivity contribution in [1.82, 2.24) is 20.0 Å². The van der Waals surface area contributed by atoms with Gasteiger partial charge in [0.25, 0.3) is 0 Å². The number of rotatable bonds is 11. The number of amides is 1. The molecule has 1 N–H and O–H groups in total. The summed E-state index contributed by atoms with van der Waals surface area (Å²) in [5.41, 5.74) is 5.50. The van der Waals surface area contributed by atoms with Crippen LogP contribution in [-0.2, 0) is 30.8 Å². The second-order valence-corrected chi connectivity index (χ2v) is 7.34. The molecule has 0 atom stereocenters. The van der Waals surface area contributed by atoms with Crippen molar-refractivity contribution in [3.05, 3.63) is 52.3 Å². The summed E-state index contributed by atoms with van der Waals surface area (Å²) < 4.78 is 1.87. The zero-order valence-electron chi connectivity index (χ0n) is 18.2. The van der Waals surface area contributed by atoms with Crippen LogP contribution in [0.5, 0.6) is 0 Å². The van der Waals surface area contributed by atoms with E-state index in [1.165, 1.54) is 5.56 Å². The average Bonchev–Trinajstić information content (AvgIpc) is 3.00. The molecule has 0 unspecified atom stereocenters. The number of nitrogens with zero attached hydrogens (tertiary/aromatic N) is 4. The van der Waals surface area contributed by atoms with Crippen LogP contribution in [0.1, 0.15) is 54.8 Å². The van der Waals surface area contributed by atoms with Gasteiger partial charge in [-0.2, -0.15) is 10.4 Å². The fourth-order valence-corrected chi connectivity index (χ4v) is 3.54. The highest BCUT2D eigenvalue weighted by molar-refractivity contribution is 5.76. The van der Waals surface area contributed by atoms with Crippen LogP contribution in [-0.4, -0.2) is 33.7 Å². The number of hydrogen-bond acceptors (Lipinski definition) is 4. The predicted molar refractivity (Wildman–Crippen MR) is 115 cm³/mol. The van der Waals surface area contributed by atoms with Crippen molar-refractivity contribution in [1.29, 1.82) is 5.26 Å². The fraction of sp³-hybridized carbons (Fsp3) is 0.522. The molecule has 2 rings (SSSR count). The van der Waals surface area contributed by atoms with E-state index in [1.54, 1.807) is 0 Å². The Balaban J connectivity index is 1.86. The molecule has 0 radical (unpaired) electrons. The molecular weight excluding hydrogens is 362 g/mol. The lowest BCUT2D eigenvalue weighted by atomic mass is 10.1. The first kappa shape index (κ1) is 22.6. The first-order valence-electron chi connectivity index (χ1n) is 10.4.